The summed E-state index contributed by atoms with van der Waals surface area (Å²) in [4.78, 5) is 30.4. The van der Waals surface area contributed by atoms with Gasteiger partial charge in [-0.15, -0.1) is 0 Å². The maximum Gasteiger partial charge on any atom is 0.262 e. The van der Waals surface area contributed by atoms with Crippen LogP contribution in [0, 0.1) is 17.2 Å². The largest absolute Gasteiger partial charge is 0.385 e. The normalized spacial score (nSPS) is 14.3. The molecule has 1 amide bonds. The number of thioether (sulfide) groups is 1. The van der Waals surface area contributed by atoms with E-state index in [1.807, 2.05) is 13.8 Å². The van der Waals surface area contributed by atoms with Crippen molar-refractivity contribution in [1.82, 2.24) is 14.9 Å². The van der Waals surface area contributed by atoms with Crippen molar-refractivity contribution in [2.45, 2.75) is 56.6 Å². The highest BCUT2D eigenvalue weighted by Crippen LogP contribution is 2.25. The summed E-state index contributed by atoms with van der Waals surface area (Å²) in [5.74, 6) is -0.349. The molecule has 9 heteroatoms. The molecule has 0 aliphatic carbocycles. The molecule has 1 aromatic carbocycles. The smallest absolute Gasteiger partial charge is 0.262 e. The molecule has 2 atom stereocenters. The lowest BCUT2D eigenvalue weighted by molar-refractivity contribution is -0.121. The van der Waals surface area contributed by atoms with Crippen LogP contribution < -0.4 is 10.9 Å². The molecule has 30 heavy (non-hydrogen) atoms. The Hall–Kier alpha value is -2.08. The number of carbonyl (C=O) groups is 1. The fourth-order valence-electron chi connectivity index (χ4n) is 2.70. The number of aromatic nitrogens is 2. The summed E-state index contributed by atoms with van der Waals surface area (Å²) in [5.41, 5.74) is -0.685. The molecule has 0 spiro atoms. The molecule has 0 aliphatic rings. The maximum absolute atomic E-state index is 13.1. The number of nitriles is 1. The highest BCUT2D eigenvalue weighted by atomic mass is 35.5. The molecule has 0 unspecified atom stereocenters. The molecule has 0 saturated heterocycles. The number of fused-ring (bicyclic) bond motifs is 1. The molecule has 1 N–H and O–H groups in total. The van der Waals surface area contributed by atoms with E-state index in [2.05, 4.69) is 16.4 Å². The summed E-state index contributed by atoms with van der Waals surface area (Å²) < 4.78 is 6.67. The molecule has 0 aliphatic heterocycles. The number of rotatable bonds is 9. The van der Waals surface area contributed by atoms with Crippen molar-refractivity contribution in [2.75, 3.05) is 13.7 Å². The zero-order valence-corrected chi connectivity index (χ0v) is 19.4. The van der Waals surface area contributed by atoms with Crippen LogP contribution in [0.3, 0.4) is 0 Å². The first-order valence-electron chi connectivity index (χ1n) is 9.72. The van der Waals surface area contributed by atoms with Crippen LogP contribution in [-0.4, -0.2) is 40.0 Å². The number of hydrogen-bond acceptors (Lipinski definition) is 6. The molecule has 0 bridgehead atoms. The second kappa shape index (κ2) is 10.3. The van der Waals surface area contributed by atoms with Gasteiger partial charge in [-0.3, -0.25) is 14.2 Å². The minimum Gasteiger partial charge on any atom is -0.385 e. The lowest BCUT2D eigenvalue weighted by Gasteiger charge is -2.28. The van der Waals surface area contributed by atoms with Crippen molar-refractivity contribution >= 4 is 40.2 Å². The van der Waals surface area contributed by atoms with Crippen LogP contribution in [0.5, 0.6) is 0 Å². The van der Waals surface area contributed by atoms with E-state index < -0.39 is 10.8 Å². The Balaban J connectivity index is 2.38. The van der Waals surface area contributed by atoms with E-state index in [0.29, 0.717) is 40.7 Å². The van der Waals surface area contributed by atoms with E-state index in [0.717, 1.165) is 0 Å². The average molecular weight is 451 g/mol. The van der Waals surface area contributed by atoms with E-state index in [1.54, 1.807) is 43.7 Å². The van der Waals surface area contributed by atoms with Gasteiger partial charge in [-0.2, -0.15) is 5.26 Å². The number of benzene rings is 1. The zero-order valence-electron chi connectivity index (χ0n) is 17.9. The topological polar surface area (TPSA) is 97.0 Å². The first kappa shape index (κ1) is 24.2. The molecule has 0 radical (unpaired) electrons. The van der Waals surface area contributed by atoms with Gasteiger partial charge in [-0.05, 0) is 44.4 Å². The van der Waals surface area contributed by atoms with Gasteiger partial charge < -0.3 is 10.1 Å². The molecular formula is C21H27ClN4O3S. The van der Waals surface area contributed by atoms with Crippen molar-refractivity contribution in [3.05, 3.63) is 33.6 Å². The van der Waals surface area contributed by atoms with Gasteiger partial charge in [-0.1, -0.05) is 37.2 Å². The number of nitrogens with zero attached hydrogens (tertiary/aromatic N) is 3. The molecule has 1 aromatic heterocycles. The van der Waals surface area contributed by atoms with Crippen molar-refractivity contribution in [1.29, 1.82) is 5.26 Å². The van der Waals surface area contributed by atoms with Gasteiger partial charge in [0.25, 0.3) is 5.56 Å². The highest BCUT2D eigenvalue weighted by molar-refractivity contribution is 8.00. The summed E-state index contributed by atoms with van der Waals surface area (Å²) in [7, 11) is 1.60. The first-order valence-corrected chi connectivity index (χ1v) is 11.0. The van der Waals surface area contributed by atoms with E-state index >= 15 is 0 Å². The number of methoxy groups -OCH3 is 1. The number of ether oxygens (including phenoxy) is 1. The Bertz CT molecular complexity index is 1020. The van der Waals surface area contributed by atoms with Crippen molar-refractivity contribution in [3.8, 4) is 6.07 Å². The second-order valence-electron chi connectivity index (χ2n) is 7.58. The fourth-order valence-corrected chi connectivity index (χ4v) is 3.80. The molecule has 0 fully saturated rings. The maximum atomic E-state index is 13.1. The standard InChI is InChI=1S/C21H27ClN4O3S/c1-13(2)21(4,12-23)25-18(27)14(3)30-20-24-17-11-15(22)7-8-16(17)19(28)26(20)9-6-10-29-5/h7-8,11,13-14H,6,9-10H2,1-5H3,(H,25,27)/t14-,21-/m0/s1. The van der Waals surface area contributed by atoms with Crippen LogP contribution in [0.2, 0.25) is 5.02 Å². The predicted molar refractivity (Wildman–Crippen MR) is 120 cm³/mol. The summed E-state index contributed by atoms with van der Waals surface area (Å²) in [6, 6.07) is 7.12. The molecule has 1 heterocycles. The molecule has 2 aromatic rings. The monoisotopic (exact) mass is 450 g/mol. The lowest BCUT2D eigenvalue weighted by Crippen LogP contribution is -2.51. The van der Waals surface area contributed by atoms with E-state index in [-0.39, 0.29) is 17.4 Å². The molecule has 2 rings (SSSR count). The van der Waals surface area contributed by atoms with Gasteiger partial charge in [0.1, 0.15) is 5.54 Å². The van der Waals surface area contributed by atoms with Crippen LogP contribution in [0.25, 0.3) is 10.9 Å². The number of carbonyl (C=O) groups excluding carboxylic acids is 1. The SMILES string of the molecule is COCCCn1c(S[C@@H](C)C(=O)N[C@@](C)(C#N)C(C)C)nc2cc(Cl)ccc2c1=O. The minimum atomic E-state index is -0.978. The van der Waals surface area contributed by atoms with E-state index in [9.17, 15) is 14.9 Å². The summed E-state index contributed by atoms with van der Waals surface area (Å²) in [6.07, 6.45) is 0.630. The second-order valence-corrected chi connectivity index (χ2v) is 9.32. The van der Waals surface area contributed by atoms with Crippen molar-refractivity contribution < 1.29 is 9.53 Å². The molecule has 7 nitrogen and oxygen atoms in total. The van der Waals surface area contributed by atoms with E-state index in [1.165, 1.54) is 11.8 Å². The number of halogens is 1. The lowest BCUT2D eigenvalue weighted by atomic mass is 9.90. The summed E-state index contributed by atoms with van der Waals surface area (Å²) in [5, 5.41) is 13.1. The van der Waals surface area contributed by atoms with Gasteiger partial charge in [0.05, 0.1) is 22.2 Å². The van der Waals surface area contributed by atoms with E-state index in [4.69, 9.17) is 16.3 Å². The van der Waals surface area contributed by atoms with Crippen LogP contribution in [0.4, 0.5) is 0 Å². The summed E-state index contributed by atoms with van der Waals surface area (Å²) in [6.45, 7) is 8.10. The number of nitrogens with one attached hydrogen (secondary N) is 1. The zero-order chi connectivity index (χ0) is 22.5. The van der Waals surface area contributed by atoms with Gasteiger partial charge in [-0.25, -0.2) is 4.98 Å². The number of amides is 1. The minimum absolute atomic E-state index is 0.0585. The van der Waals surface area contributed by atoms with Crippen LogP contribution in [0.15, 0.2) is 28.2 Å². The van der Waals surface area contributed by atoms with Crippen LogP contribution in [0.1, 0.15) is 34.1 Å². The molecule has 0 saturated carbocycles. The Morgan fingerprint density at radius 3 is 2.73 bits per heavy atom. The average Bonchev–Trinajstić information content (AvgIpc) is 2.69. The van der Waals surface area contributed by atoms with Crippen molar-refractivity contribution in [3.63, 3.8) is 0 Å². The third kappa shape index (κ3) is 5.54. The highest BCUT2D eigenvalue weighted by Gasteiger charge is 2.32. The van der Waals surface area contributed by atoms with Gasteiger partial charge in [0, 0.05) is 25.3 Å². The molecule has 162 valence electrons. The van der Waals surface area contributed by atoms with Crippen molar-refractivity contribution in [2.24, 2.45) is 5.92 Å². The Morgan fingerprint density at radius 2 is 2.13 bits per heavy atom. The Labute approximate surface area is 185 Å². The van der Waals surface area contributed by atoms with Crippen LogP contribution in [-0.2, 0) is 16.1 Å². The Morgan fingerprint density at radius 1 is 1.43 bits per heavy atom. The quantitative estimate of drug-likeness (QED) is 0.356. The third-order valence-electron chi connectivity index (χ3n) is 5.03. The Kier molecular flexibility index (Phi) is 8.30. The van der Waals surface area contributed by atoms with Crippen LogP contribution >= 0.6 is 23.4 Å². The first-order chi connectivity index (χ1) is 14.1. The third-order valence-corrected chi connectivity index (χ3v) is 6.36. The number of hydrogen-bond donors (Lipinski definition) is 1. The predicted octanol–water partition coefficient (Wildman–Crippen LogP) is 3.62. The van der Waals surface area contributed by atoms with Gasteiger partial charge >= 0.3 is 0 Å². The summed E-state index contributed by atoms with van der Waals surface area (Å²) >= 11 is 7.25. The fraction of sp³-hybridized carbons (Fsp3) is 0.524. The van der Waals surface area contributed by atoms with Gasteiger partial charge in [0.15, 0.2) is 5.16 Å². The molecular weight excluding hydrogens is 424 g/mol. The van der Waals surface area contributed by atoms with Gasteiger partial charge in [0.2, 0.25) is 5.91 Å².